The van der Waals surface area contributed by atoms with Crippen LogP contribution in [0.15, 0.2) is 72.8 Å². The van der Waals surface area contributed by atoms with Crippen LogP contribution >= 0.6 is 11.6 Å². The van der Waals surface area contributed by atoms with Crippen LogP contribution in [-0.2, 0) is 6.42 Å². The van der Waals surface area contributed by atoms with Crippen molar-refractivity contribution in [1.29, 1.82) is 0 Å². The van der Waals surface area contributed by atoms with Crippen LogP contribution in [0.4, 0.5) is 0 Å². The zero-order valence-electron chi connectivity index (χ0n) is 14.9. The molecule has 4 aromatic rings. The van der Waals surface area contributed by atoms with Crippen LogP contribution in [0.5, 0.6) is 11.5 Å². The fourth-order valence-electron chi connectivity index (χ4n) is 3.84. The molecule has 5 rings (SSSR count). The summed E-state index contributed by atoms with van der Waals surface area (Å²) in [5.74, 6) is 0.446. The average molecular weight is 386 g/mol. The number of hydrogen-bond acceptors (Lipinski definition) is 3. The van der Waals surface area contributed by atoms with Crippen molar-refractivity contribution in [2.24, 2.45) is 0 Å². The molecule has 0 unspecified atom stereocenters. The van der Waals surface area contributed by atoms with Gasteiger partial charge in [0.2, 0.25) is 0 Å². The van der Waals surface area contributed by atoms with Gasteiger partial charge < -0.3 is 10.2 Å². The Kier molecular flexibility index (Phi) is 3.85. The summed E-state index contributed by atoms with van der Waals surface area (Å²) in [6.07, 6.45) is 0.699. The lowest BCUT2D eigenvalue weighted by Gasteiger charge is -2.13. The zero-order valence-corrected chi connectivity index (χ0v) is 15.6. The maximum absolute atomic E-state index is 10.4. The van der Waals surface area contributed by atoms with Gasteiger partial charge in [0.15, 0.2) is 0 Å². The lowest BCUT2D eigenvalue weighted by Crippen LogP contribution is -1.94. The standard InChI is InChI=1S/C24H16ClNO2/c25-16-7-5-14(6-8-16)20-13-22(19-3-1-2-4-23(19)28)26-24-18-10-9-17(27)11-15(18)12-21(20)24/h1-11,13,27-28H,12H2. The van der Waals surface area contributed by atoms with Gasteiger partial charge in [-0.25, -0.2) is 4.98 Å². The van der Waals surface area contributed by atoms with Crippen molar-refractivity contribution < 1.29 is 10.2 Å². The Balaban J connectivity index is 1.79. The van der Waals surface area contributed by atoms with E-state index in [-0.39, 0.29) is 11.5 Å². The van der Waals surface area contributed by atoms with E-state index in [2.05, 4.69) is 0 Å². The van der Waals surface area contributed by atoms with Gasteiger partial charge in [-0.1, -0.05) is 35.9 Å². The average Bonchev–Trinajstić information content (AvgIpc) is 3.06. The van der Waals surface area contributed by atoms with Crippen molar-refractivity contribution in [2.75, 3.05) is 0 Å². The number of phenolic OH excluding ortho intramolecular Hbond substituents is 2. The molecule has 1 aliphatic carbocycles. The monoisotopic (exact) mass is 385 g/mol. The Morgan fingerprint density at radius 3 is 2.36 bits per heavy atom. The smallest absolute Gasteiger partial charge is 0.124 e. The second kappa shape index (κ2) is 6.39. The minimum atomic E-state index is 0.195. The predicted octanol–water partition coefficient (Wildman–Crippen LogP) is 6.05. The molecule has 3 aromatic carbocycles. The SMILES string of the molecule is Oc1ccc2c(c1)Cc1c(-c3ccc(Cl)cc3)cc(-c3ccccc3O)nc1-2. The number of hydrogen-bond donors (Lipinski definition) is 2. The van der Waals surface area contributed by atoms with E-state index in [0.717, 1.165) is 33.5 Å². The van der Waals surface area contributed by atoms with E-state index in [1.54, 1.807) is 24.3 Å². The van der Waals surface area contributed by atoms with Gasteiger partial charge in [-0.15, -0.1) is 0 Å². The van der Waals surface area contributed by atoms with E-state index < -0.39 is 0 Å². The highest BCUT2D eigenvalue weighted by Crippen LogP contribution is 2.44. The van der Waals surface area contributed by atoms with Crippen LogP contribution in [-0.4, -0.2) is 15.2 Å². The Morgan fingerprint density at radius 2 is 1.57 bits per heavy atom. The molecule has 1 aromatic heterocycles. The Bertz CT molecular complexity index is 1220. The first-order valence-electron chi connectivity index (χ1n) is 9.00. The Labute approximate surface area is 167 Å². The van der Waals surface area contributed by atoms with Crippen LogP contribution in [0.3, 0.4) is 0 Å². The molecule has 0 spiro atoms. The lowest BCUT2D eigenvalue weighted by atomic mass is 9.96. The van der Waals surface area contributed by atoms with Crippen molar-refractivity contribution in [1.82, 2.24) is 4.98 Å². The molecule has 0 amide bonds. The number of nitrogens with zero attached hydrogens (tertiary/aromatic N) is 1. The molecule has 0 aliphatic heterocycles. The van der Waals surface area contributed by atoms with Crippen LogP contribution in [0.1, 0.15) is 11.1 Å². The number of rotatable bonds is 2. The molecule has 1 heterocycles. The molecule has 0 bridgehead atoms. The quantitative estimate of drug-likeness (QED) is 0.389. The van der Waals surface area contributed by atoms with Crippen molar-refractivity contribution >= 4 is 11.6 Å². The summed E-state index contributed by atoms with van der Waals surface area (Å²) >= 11 is 6.08. The van der Waals surface area contributed by atoms with Crippen molar-refractivity contribution in [2.45, 2.75) is 6.42 Å². The Morgan fingerprint density at radius 1 is 0.786 bits per heavy atom. The second-order valence-corrected chi connectivity index (χ2v) is 7.36. The minimum Gasteiger partial charge on any atom is -0.508 e. The third-order valence-corrected chi connectivity index (χ3v) is 5.42. The van der Waals surface area contributed by atoms with Crippen LogP contribution < -0.4 is 0 Å². The molecule has 0 fully saturated rings. The molecule has 3 nitrogen and oxygen atoms in total. The fourth-order valence-corrected chi connectivity index (χ4v) is 3.96. The molecule has 2 N–H and O–H groups in total. The summed E-state index contributed by atoms with van der Waals surface area (Å²) in [6.45, 7) is 0. The molecule has 4 heteroatoms. The van der Waals surface area contributed by atoms with E-state index in [1.807, 2.05) is 48.5 Å². The molecular formula is C24H16ClNO2. The van der Waals surface area contributed by atoms with Gasteiger partial charge in [0.05, 0.1) is 11.4 Å². The van der Waals surface area contributed by atoms with Crippen LogP contribution in [0.2, 0.25) is 5.02 Å². The van der Waals surface area contributed by atoms with E-state index >= 15 is 0 Å². The maximum atomic E-state index is 10.4. The first kappa shape index (κ1) is 16.8. The van der Waals surface area contributed by atoms with Gasteiger partial charge in [-0.05, 0) is 70.8 Å². The van der Waals surface area contributed by atoms with E-state index in [1.165, 1.54) is 0 Å². The van der Waals surface area contributed by atoms with Crippen molar-refractivity contribution in [3.8, 4) is 45.1 Å². The fraction of sp³-hybridized carbons (Fsp3) is 0.0417. The first-order valence-corrected chi connectivity index (χ1v) is 9.38. The highest BCUT2D eigenvalue weighted by atomic mass is 35.5. The van der Waals surface area contributed by atoms with Gasteiger partial charge in [0.25, 0.3) is 0 Å². The number of para-hydroxylation sites is 1. The highest BCUT2D eigenvalue weighted by molar-refractivity contribution is 6.30. The third kappa shape index (κ3) is 2.72. The first-order chi connectivity index (χ1) is 13.6. The zero-order chi connectivity index (χ0) is 19.3. The van der Waals surface area contributed by atoms with Gasteiger partial charge >= 0.3 is 0 Å². The van der Waals surface area contributed by atoms with Gasteiger partial charge in [0, 0.05) is 22.6 Å². The number of fused-ring (bicyclic) bond motifs is 3. The highest BCUT2D eigenvalue weighted by Gasteiger charge is 2.25. The molecule has 0 radical (unpaired) electrons. The number of aromatic nitrogens is 1. The molecule has 0 saturated heterocycles. The second-order valence-electron chi connectivity index (χ2n) is 6.92. The van der Waals surface area contributed by atoms with Gasteiger partial charge in [0.1, 0.15) is 11.5 Å². The summed E-state index contributed by atoms with van der Waals surface area (Å²) in [7, 11) is 0. The maximum Gasteiger partial charge on any atom is 0.124 e. The normalized spacial score (nSPS) is 11.9. The Hall–Kier alpha value is -3.30. The summed E-state index contributed by atoms with van der Waals surface area (Å²) in [5.41, 5.74) is 7.55. The summed E-state index contributed by atoms with van der Waals surface area (Å²) in [4.78, 5) is 4.89. The molecule has 1 aliphatic rings. The number of benzene rings is 3. The number of pyridine rings is 1. The van der Waals surface area contributed by atoms with Crippen LogP contribution in [0.25, 0.3) is 33.6 Å². The van der Waals surface area contributed by atoms with E-state index in [9.17, 15) is 10.2 Å². The molecular weight excluding hydrogens is 370 g/mol. The number of phenols is 2. The summed E-state index contributed by atoms with van der Waals surface area (Å²) in [5, 5.41) is 20.9. The lowest BCUT2D eigenvalue weighted by molar-refractivity contribution is 0.475. The number of aromatic hydroxyl groups is 2. The molecule has 136 valence electrons. The largest absolute Gasteiger partial charge is 0.508 e. The van der Waals surface area contributed by atoms with Gasteiger partial charge in [-0.3, -0.25) is 0 Å². The molecule has 28 heavy (non-hydrogen) atoms. The van der Waals surface area contributed by atoms with Crippen molar-refractivity contribution in [3.05, 3.63) is 88.9 Å². The topological polar surface area (TPSA) is 53.4 Å². The minimum absolute atomic E-state index is 0.195. The summed E-state index contributed by atoms with van der Waals surface area (Å²) < 4.78 is 0. The predicted molar refractivity (Wildman–Crippen MR) is 112 cm³/mol. The third-order valence-electron chi connectivity index (χ3n) is 5.17. The number of halogens is 1. The van der Waals surface area contributed by atoms with Crippen LogP contribution in [0, 0.1) is 0 Å². The van der Waals surface area contributed by atoms with E-state index in [0.29, 0.717) is 22.7 Å². The molecule has 0 atom stereocenters. The van der Waals surface area contributed by atoms with E-state index in [4.69, 9.17) is 16.6 Å². The summed E-state index contributed by atoms with van der Waals surface area (Å²) in [6, 6.07) is 22.3. The van der Waals surface area contributed by atoms with Gasteiger partial charge in [-0.2, -0.15) is 0 Å². The molecule has 0 saturated carbocycles. The van der Waals surface area contributed by atoms with Crippen molar-refractivity contribution in [3.63, 3.8) is 0 Å².